The summed E-state index contributed by atoms with van der Waals surface area (Å²) in [5.41, 5.74) is 0. The van der Waals surface area contributed by atoms with E-state index >= 15 is 0 Å². The van der Waals surface area contributed by atoms with Crippen molar-refractivity contribution >= 4 is 11.9 Å². The van der Waals surface area contributed by atoms with E-state index in [9.17, 15) is 9.59 Å². The van der Waals surface area contributed by atoms with Crippen LogP contribution in [0.15, 0.2) is 0 Å². The lowest BCUT2D eigenvalue weighted by Crippen LogP contribution is -2.42. The highest BCUT2D eigenvalue weighted by atomic mass is 16.4. The first kappa shape index (κ1) is 14.4. The topological polar surface area (TPSA) is 57.6 Å². The molecule has 1 N–H and O–H groups in total. The number of carbonyl (C=O) groups is 2. The highest BCUT2D eigenvalue weighted by Crippen LogP contribution is 2.28. The maximum Gasteiger partial charge on any atom is 0.308 e. The Hall–Kier alpha value is -1.06. The zero-order valence-corrected chi connectivity index (χ0v) is 11.6. The summed E-state index contributed by atoms with van der Waals surface area (Å²) in [6.45, 7) is 1.16. The van der Waals surface area contributed by atoms with Gasteiger partial charge < -0.3 is 10.0 Å². The molecule has 0 aromatic heterocycles. The zero-order chi connectivity index (χ0) is 13.7. The number of carboxylic acids is 1. The van der Waals surface area contributed by atoms with Crippen molar-refractivity contribution in [2.24, 2.45) is 11.8 Å². The van der Waals surface area contributed by atoms with Gasteiger partial charge in [0.1, 0.15) is 0 Å². The minimum atomic E-state index is -0.759. The first-order valence-electron chi connectivity index (χ1n) is 7.67. The third kappa shape index (κ3) is 4.22. The van der Waals surface area contributed by atoms with E-state index in [0.29, 0.717) is 19.4 Å². The lowest BCUT2D eigenvalue weighted by Gasteiger charge is -2.31. The van der Waals surface area contributed by atoms with Crippen molar-refractivity contribution in [3.8, 4) is 0 Å². The van der Waals surface area contributed by atoms with Gasteiger partial charge in [-0.2, -0.15) is 0 Å². The van der Waals surface area contributed by atoms with Crippen LogP contribution in [-0.4, -0.2) is 35.0 Å². The highest BCUT2D eigenvalue weighted by Gasteiger charge is 2.28. The molecular formula is C15H25NO3. The van der Waals surface area contributed by atoms with Crippen LogP contribution in [0.1, 0.15) is 57.8 Å². The van der Waals surface area contributed by atoms with Crippen LogP contribution in [0.5, 0.6) is 0 Å². The van der Waals surface area contributed by atoms with Crippen molar-refractivity contribution < 1.29 is 14.7 Å². The van der Waals surface area contributed by atoms with Gasteiger partial charge in [0.05, 0.1) is 5.92 Å². The predicted octanol–water partition coefficient (Wildman–Crippen LogP) is 2.67. The lowest BCUT2D eigenvalue weighted by molar-refractivity contribution is -0.145. The maximum absolute atomic E-state index is 12.1. The summed E-state index contributed by atoms with van der Waals surface area (Å²) < 4.78 is 0. The van der Waals surface area contributed by atoms with Crippen LogP contribution in [0.25, 0.3) is 0 Å². The van der Waals surface area contributed by atoms with Crippen LogP contribution < -0.4 is 0 Å². The minimum Gasteiger partial charge on any atom is -0.481 e. The first-order chi connectivity index (χ1) is 9.16. The first-order valence-corrected chi connectivity index (χ1v) is 7.67. The number of amides is 1. The molecule has 0 unspecified atom stereocenters. The van der Waals surface area contributed by atoms with Crippen molar-refractivity contribution in [2.45, 2.75) is 57.8 Å². The molecule has 0 spiro atoms. The van der Waals surface area contributed by atoms with Crippen LogP contribution in [0.3, 0.4) is 0 Å². The summed E-state index contributed by atoms with van der Waals surface area (Å²) in [4.78, 5) is 24.9. The van der Waals surface area contributed by atoms with E-state index in [1.165, 1.54) is 32.1 Å². The van der Waals surface area contributed by atoms with Gasteiger partial charge in [0.25, 0.3) is 0 Å². The van der Waals surface area contributed by atoms with Crippen molar-refractivity contribution in [1.29, 1.82) is 0 Å². The molecule has 1 aliphatic carbocycles. The molecule has 1 saturated heterocycles. The zero-order valence-electron chi connectivity index (χ0n) is 11.6. The van der Waals surface area contributed by atoms with Gasteiger partial charge >= 0.3 is 5.97 Å². The number of hydrogen-bond acceptors (Lipinski definition) is 2. The fourth-order valence-electron chi connectivity index (χ4n) is 3.37. The Balaban J connectivity index is 1.74. The average molecular weight is 267 g/mol. The van der Waals surface area contributed by atoms with E-state index < -0.39 is 5.97 Å². The number of aliphatic carboxylic acids is 1. The van der Waals surface area contributed by atoms with Crippen LogP contribution in [0, 0.1) is 11.8 Å². The summed E-state index contributed by atoms with van der Waals surface area (Å²) in [5, 5.41) is 9.03. The molecule has 1 saturated carbocycles. The maximum atomic E-state index is 12.1. The number of rotatable bonds is 4. The Morgan fingerprint density at radius 3 is 2.47 bits per heavy atom. The molecular weight excluding hydrogens is 242 g/mol. The molecule has 2 aliphatic rings. The van der Waals surface area contributed by atoms with Crippen molar-refractivity contribution in [1.82, 2.24) is 4.90 Å². The Bertz CT molecular complexity index is 323. The van der Waals surface area contributed by atoms with Crippen LogP contribution >= 0.6 is 0 Å². The van der Waals surface area contributed by atoms with E-state index in [1.807, 2.05) is 0 Å². The van der Waals surface area contributed by atoms with Crippen LogP contribution in [-0.2, 0) is 9.59 Å². The molecule has 0 bridgehead atoms. The predicted molar refractivity (Wildman–Crippen MR) is 72.7 cm³/mol. The Labute approximate surface area is 115 Å². The largest absolute Gasteiger partial charge is 0.481 e. The molecule has 0 aromatic carbocycles. The summed E-state index contributed by atoms with van der Waals surface area (Å²) in [6, 6.07) is 0. The smallest absolute Gasteiger partial charge is 0.308 e. The van der Waals surface area contributed by atoms with Gasteiger partial charge in [-0.15, -0.1) is 0 Å². The lowest BCUT2D eigenvalue weighted by atomic mass is 9.86. The molecule has 4 nitrogen and oxygen atoms in total. The molecule has 2 fully saturated rings. The number of carboxylic acid groups (broad SMARTS) is 1. The van der Waals surface area contributed by atoms with E-state index in [1.54, 1.807) is 4.90 Å². The Morgan fingerprint density at radius 2 is 1.79 bits per heavy atom. The number of likely N-dealkylation sites (tertiary alicyclic amines) is 1. The van der Waals surface area contributed by atoms with Crippen LogP contribution in [0.2, 0.25) is 0 Å². The molecule has 19 heavy (non-hydrogen) atoms. The Morgan fingerprint density at radius 1 is 1.05 bits per heavy atom. The number of hydrogen-bond donors (Lipinski definition) is 1. The minimum absolute atomic E-state index is 0.163. The number of piperidine rings is 1. The van der Waals surface area contributed by atoms with Crippen molar-refractivity contribution in [3.05, 3.63) is 0 Å². The summed E-state index contributed by atoms with van der Waals surface area (Å²) >= 11 is 0. The van der Waals surface area contributed by atoms with Crippen LogP contribution in [0.4, 0.5) is 0 Å². The summed E-state index contributed by atoms with van der Waals surface area (Å²) in [6.07, 6.45) is 9.64. The fourth-order valence-corrected chi connectivity index (χ4v) is 3.37. The standard InChI is InChI=1S/C15H25NO3/c17-14(9-8-12-5-2-1-3-6-12)16-10-4-7-13(11-16)15(18)19/h12-13H,1-11H2,(H,18,19)/t13-/m0/s1. The molecule has 1 aliphatic heterocycles. The number of nitrogens with zero attached hydrogens (tertiary/aromatic N) is 1. The highest BCUT2D eigenvalue weighted by molar-refractivity contribution is 5.78. The van der Waals surface area contributed by atoms with E-state index in [0.717, 1.165) is 25.3 Å². The van der Waals surface area contributed by atoms with Gasteiger partial charge in [0.2, 0.25) is 5.91 Å². The molecule has 108 valence electrons. The van der Waals surface area contributed by atoms with Gasteiger partial charge in [0, 0.05) is 19.5 Å². The molecule has 1 heterocycles. The summed E-state index contributed by atoms with van der Waals surface area (Å²) in [7, 11) is 0. The molecule has 1 atom stereocenters. The van der Waals surface area contributed by atoms with Crippen molar-refractivity contribution in [2.75, 3.05) is 13.1 Å². The van der Waals surface area contributed by atoms with E-state index in [-0.39, 0.29) is 11.8 Å². The quantitative estimate of drug-likeness (QED) is 0.852. The SMILES string of the molecule is O=C(O)[C@H]1CCCN(C(=O)CCC2CCCCC2)C1. The second-order valence-electron chi connectivity index (χ2n) is 6.06. The molecule has 2 rings (SSSR count). The van der Waals surface area contributed by atoms with Gasteiger partial charge in [0.15, 0.2) is 0 Å². The van der Waals surface area contributed by atoms with E-state index in [4.69, 9.17) is 5.11 Å². The summed E-state index contributed by atoms with van der Waals surface area (Å²) in [5.74, 6) is -0.230. The molecule has 4 heteroatoms. The monoisotopic (exact) mass is 267 g/mol. The fraction of sp³-hybridized carbons (Fsp3) is 0.867. The third-order valence-electron chi connectivity index (χ3n) is 4.61. The number of carbonyl (C=O) groups excluding carboxylic acids is 1. The van der Waals surface area contributed by atoms with Gasteiger partial charge in [-0.05, 0) is 25.2 Å². The molecule has 0 aromatic rings. The van der Waals surface area contributed by atoms with E-state index in [2.05, 4.69) is 0 Å². The van der Waals surface area contributed by atoms with Crippen molar-refractivity contribution in [3.63, 3.8) is 0 Å². The normalized spacial score (nSPS) is 25.3. The van der Waals surface area contributed by atoms with Gasteiger partial charge in [-0.1, -0.05) is 32.1 Å². The molecule has 1 amide bonds. The Kier molecular flexibility index (Phi) is 5.23. The second-order valence-corrected chi connectivity index (χ2v) is 6.06. The third-order valence-corrected chi connectivity index (χ3v) is 4.61. The second kappa shape index (κ2) is 6.92. The van der Waals surface area contributed by atoms with Gasteiger partial charge in [-0.3, -0.25) is 9.59 Å². The van der Waals surface area contributed by atoms with Gasteiger partial charge in [-0.25, -0.2) is 0 Å². The average Bonchev–Trinajstić information content (AvgIpc) is 2.46. The molecule has 0 radical (unpaired) electrons.